The van der Waals surface area contributed by atoms with Crippen molar-refractivity contribution in [2.24, 2.45) is 0 Å². The Kier molecular flexibility index (Phi) is 5.57. The number of nitrogens with one attached hydrogen (secondary N) is 1. The summed E-state index contributed by atoms with van der Waals surface area (Å²) in [6.45, 7) is 0.817. The van der Waals surface area contributed by atoms with Crippen LogP contribution in [0.5, 0.6) is 0 Å². The molecule has 0 atom stereocenters. The third kappa shape index (κ3) is 4.45. The molecule has 1 fully saturated rings. The van der Waals surface area contributed by atoms with Crippen molar-refractivity contribution in [1.82, 2.24) is 10.3 Å². The van der Waals surface area contributed by atoms with Gasteiger partial charge in [-0.1, -0.05) is 0 Å². The van der Waals surface area contributed by atoms with Crippen molar-refractivity contribution in [2.75, 3.05) is 23.0 Å². The highest BCUT2D eigenvalue weighted by Gasteiger charge is 2.13. The fraction of sp³-hybridized carbons (Fsp3) is 0.400. The normalized spacial score (nSPS) is 16.8. The smallest absolute Gasteiger partial charge is 0.123 e. The van der Waals surface area contributed by atoms with E-state index in [1.54, 1.807) is 23.5 Å². The molecule has 0 amide bonds. The quantitative estimate of drug-likeness (QED) is 0.913. The molecule has 21 heavy (non-hydrogen) atoms. The molecule has 3 rings (SSSR count). The second-order valence-corrected chi connectivity index (χ2v) is 8.10. The number of aromatic nitrogens is 1. The summed E-state index contributed by atoms with van der Waals surface area (Å²) in [5, 5.41) is 6.73. The van der Waals surface area contributed by atoms with Crippen LogP contribution in [-0.4, -0.2) is 34.0 Å². The van der Waals surface area contributed by atoms with Crippen LogP contribution in [0.15, 0.2) is 29.6 Å². The van der Waals surface area contributed by atoms with Crippen molar-refractivity contribution in [3.63, 3.8) is 0 Å². The van der Waals surface area contributed by atoms with E-state index >= 15 is 0 Å². The van der Waals surface area contributed by atoms with E-state index in [0.29, 0.717) is 6.04 Å². The maximum absolute atomic E-state index is 12.9. The lowest BCUT2D eigenvalue weighted by Crippen LogP contribution is -2.32. The largest absolute Gasteiger partial charge is 0.306 e. The van der Waals surface area contributed by atoms with Crippen LogP contribution in [-0.2, 0) is 6.54 Å². The molecule has 1 aliphatic heterocycles. The first kappa shape index (κ1) is 15.3. The zero-order valence-electron chi connectivity index (χ0n) is 11.5. The van der Waals surface area contributed by atoms with Crippen LogP contribution in [0.1, 0.15) is 5.01 Å². The van der Waals surface area contributed by atoms with E-state index in [2.05, 4.69) is 10.3 Å². The van der Waals surface area contributed by atoms with Crippen LogP contribution in [0.25, 0.3) is 11.3 Å². The van der Waals surface area contributed by atoms with Crippen LogP contribution in [0.3, 0.4) is 0 Å². The number of thioether (sulfide) groups is 2. The standard InChI is InChI=1S/C15H17FN2S3/c16-12-3-1-11(2-4-12)14-10-21-15(18-14)7-17-13-8-19-5-6-20-9-13/h1-4,10,13,17H,5-9H2. The number of halogens is 1. The van der Waals surface area contributed by atoms with Gasteiger partial charge in [-0.25, -0.2) is 9.37 Å². The number of benzene rings is 1. The van der Waals surface area contributed by atoms with Gasteiger partial charge in [-0.2, -0.15) is 23.5 Å². The van der Waals surface area contributed by atoms with Gasteiger partial charge in [-0.3, -0.25) is 0 Å². The number of hydrogen-bond acceptors (Lipinski definition) is 5. The van der Waals surface area contributed by atoms with Gasteiger partial charge in [0.15, 0.2) is 0 Å². The second kappa shape index (κ2) is 7.63. The highest BCUT2D eigenvalue weighted by atomic mass is 32.2. The van der Waals surface area contributed by atoms with E-state index in [1.807, 2.05) is 28.9 Å². The van der Waals surface area contributed by atoms with Gasteiger partial charge in [-0.15, -0.1) is 11.3 Å². The van der Waals surface area contributed by atoms with Crippen LogP contribution in [0.4, 0.5) is 4.39 Å². The summed E-state index contributed by atoms with van der Waals surface area (Å²) < 4.78 is 12.9. The minimum absolute atomic E-state index is 0.209. The summed E-state index contributed by atoms with van der Waals surface area (Å²) >= 11 is 5.71. The Morgan fingerprint density at radius 2 is 1.86 bits per heavy atom. The SMILES string of the molecule is Fc1ccc(-c2csc(CNC3CSCCSC3)n2)cc1. The Bertz CT molecular complexity index is 563. The number of thiazole rings is 1. The maximum Gasteiger partial charge on any atom is 0.123 e. The molecule has 0 bridgehead atoms. The molecule has 2 heterocycles. The Morgan fingerprint density at radius 1 is 1.14 bits per heavy atom. The molecule has 6 heteroatoms. The molecule has 112 valence electrons. The van der Waals surface area contributed by atoms with Gasteiger partial charge < -0.3 is 5.32 Å². The average molecular weight is 341 g/mol. The fourth-order valence-electron chi connectivity index (χ4n) is 2.11. The number of nitrogens with zero attached hydrogens (tertiary/aromatic N) is 1. The Labute approximate surface area is 136 Å². The number of rotatable bonds is 4. The first-order valence-electron chi connectivity index (χ1n) is 6.90. The lowest BCUT2D eigenvalue weighted by atomic mass is 10.2. The molecule has 0 radical (unpaired) electrons. The molecule has 2 aromatic rings. The first-order chi connectivity index (χ1) is 10.3. The number of hydrogen-bond donors (Lipinski definition) is 1. The van der Waals surface area contributed by atoms with Crippen LogP contribution >= 0.6 is 34.9 Å². The van der Waals surface area contributed by atoms with E-state index in [1.165, 1.54) is 35.1 Å². The average Bonchev–Trinajstić information content (AvgIpc) is 2.81. The van der Waals surface area contributed by atoms with Crippen molar-refractivity contribution in [2.45, 2.75) is 12.6 Å². The van der Waals surface area contributed by atoms with Crippen LogP contribution in [0.2, 0.25) is 0 Å². The van der Waals surface area contributed by atoms with Crippen LogP contribution < -0.4 is 5.32 Å². The van der Waals surface area contributed by atoms with Gasteiger partial charge >= 0.3 is 0 Å². The van der Waals surface area contributed by atoms with E-state index < -0.39 is 0 Å². The van der Waals surface area contributed by atoms with E-state index in [-0.39, 0.29) is 5.82 Å². The summed E-state index contributed by atoms with van der Waals surface area (Å²) in [5.41, 5.74) is 1.90. The lowest BCUT2D eigenvalue weighted by molar-refractivity contribution is 0.602. The molecule has 0 unspecified atom stereocenters. The van der Waals surface area contributed by atoms with E-state index in [4.69, 9.17) is 0 Å². The van der Waals surface area contributed by atoms with Crippen molar-refractivity contribution in [3.05, 3.63) is 40.5 Å². The summed E-state index contributed by atoms with van der Waals surface area (Å²) in [4.78, 5) is 4.64. The molecule has 1 aromatic carbocycles. The monoisotopic (exact) mass is 340 g/mol. The van der Waals surface area contributed by atoms with Crippen molar-refractivity contribution in [1.29, 1.82) is 0 Å². The molecule has 2 nitrogen and oxygen atoms in total. The first-order valence-corrected chi connectivity index (χ1v) is 10.1. The maximum atomic E-state index is 12.9. The summed E-state index contributed by atoms with van der Waals surface area (Å²) in [6.07, 6.45) is 0. The third-order valence-electron chi connectivity index (χ3n) is 3.24. The third-order valence-corrected chi connectivity index (χ3v) is 6.61. The highest BCUT2D eigenvalue weighted by Crippen LogP contribution is 2.22. The molecular weight excluding hydrogens is 323 g/mol. The van der Waals surface area contributed by atoms with Gasteiger partial charge in [0.05, 0.1) is 5.69 Å². The van der Waals surface area contributed by atoms with Gasteiger partial charge in [0.25, 0.3) is 0 Å². The molecule has 0 spiro atoms. The predicted octanol–water partition coefficient (Wildman–Crippen LogP) is 3.89. The Hall–Kier alpha value is -0.560. The topological polar surface area (TPSA) is 24.9 Å². The minimum atomic E-state index is -0.209. The lowest BCUT2D eigenvalue weighted by Gasteiger charge is -2.13. The van der Waals surface area contributed by atoms with Gasteiger partial charge in [-0.05, 0) is 24.3 Å². The highest BCUT2D eigenvalue weighted by molar-refractivity contribution is 8.03. The minimum Gasteiger partial charge on any atom is -0.306 e. The predicted molar refractivity (Wildman–Crippen MR) is 92.8 cm³/mol. The molecule has 0 aliphatic carbocycles. The van der Waals surface area contributed by atoms with E-state index in [0.717, 1.165) is 22.8 Å². The van der Waals surface area contributed by atoms with Crippen molar-refractivity contribution in [3.8, 4) is 11.3 Å². The summed E-state index contributed by atoms with van der Waals surface area (Å²) in [7, 11) is 0. The molecule has 1 saturated heterocycles. The van der Waals surface area contributed by atoms with E-state index in [9.17, 15) is 4.39 Å². The summed E-state index contributed by atoms with van der Waals surface area (Å²) in [6, 6.07) is 7.08. The second-order valence-electron chi connectivity index (χ2n) is 4.86. The summed E-state index contributed by atoms with van der Waals surface area (Å²) in [5.74, 6) is 4.68. The molecule has 1 aliphatic rings. The van der Waals surface area contributed by atoms with Gasteiger partial charge in [0.2, 0.25) is 0 Å². The Morgan fingerprint density at radius 3 is 2.57 bits per heavy atom. The van der Waals surface area contributed by atoms with Crippen molar-refractivity contribution < 1.29 is 4.39 Å². The fourth-order valence-corrected chi connectivity index (χ4v) is 5.33. The van der Waals surface area contributed by atoms with Crippen molar-refractivity contribution >= 4 is 34.9 Å². The zero-order valence-corrected chi connectivity index (χ0v) is 14.0. The van der Waals surface area contributed by atoms with Gasteiger partial charge in [0, 0.05) is 46.5 Å². The zero-order chi connectivity index (χ0) is 14.5. The molecular formula is C15H17FN2S3. The molecule has 1 aromatic heterocycles. The van der Waals surface area contributed by atoms with Gasteiger partial charge in [0.1, 0.15) is 10.8 Å². The molecule has 1 N–H and O–H groups in total. The Balaban J connectivity index is 1.58. The van der Waals surface area contributed by atoms with Crippen LogP contribution in [0, 0.1) is 5.82 Å². The molecule has 0 saturated carbocycles.